The Labute approximate surface area is 142 Å². The van der Waals surface area contributed by atoms with Gasteiger partial charge in [-0.15, -0.1) is 11.8 Å². The van der Waals surface area contributed by atoms with Crippen molar-refractivity contribution in [3.05, 3.63) is 36.4 Å². The van der Waals surface area contributed by atoms with E-state index in [0.717, 1.165) is 10.6 Å². The Morgan fingerprint density at radius 3 is 2.43 bits per heavy atom. The van der Waals surface area contributed by atoms with Gasteiger partial charge in [-0.2, -0.15) is 0 Å². The standard InChI is InChI=1S/C18H25NO3S/c1-5-22-17(21)7-6-12-23-15-10-8-14(9-11-15)19-16(20)13-18(2,3)4/h6-11H,5,12-13H2,1-4H3,(H,19,20)/b7-6+. The van der Waals surface area contributed by atoms with E-state index in [1.807, 2.05) is 45.0 Å². The molecule has 0 heterocycles. The second-order valence-electron chi connectivity index (χ2n) is 6.28. The lowest BCUT2D eigenvalue weighted by molar-refractivity contribution is -0.137. The van der Waals surface area contributed by atoms with Crippen LogP contribution in [-0.4, -0.2) is 24.2 Å². The summed E-state index contributed by atoms with van der Waals surface area (Å²) in [6.07, 6.45) is 3.71. The quantitative estimate of drug-likeness (QED) is 0.459. The summed E-state index contributed by atoms with van der Waals surface area (Å²) in [6, 6.07) is 7.68. The molecule has 0 saturated carbocycles. The van der Waals surface area contributed by atoms with Gasteiger partial charge in [0, 0.05) is 28.8 Å². The van der Waals surface area contributed by atoms with Crippen molar-refractivity contribution in [3.8, 4) is 0 Å². The van der Waals surface area contributed by atoms with Crippen LogP contribution >= 0.6 is 11.8 Å². The molecule has 4 nitrogen and oxygen atoms in total. The Morgan fingerprint density at radius 2 is 1.87 bits per heavy atom. The van der Waals surface area contributed by atoms with Crippen LogP contribution in [0.5, 0.6) is 0 Å². The molecule has 5 heteroatoms. The Morgan fingerprint density at radius 1 is 1.22 bits per heavy atom. The van der Waals surface area contributed by atoms with Crippen LogP contribution in [0.15, 0.2) is 41.3 Å². The van der Waals surface area contributed by atoms with Crippen LogP contribution in [0.4, 0.5) is 5.69 Å². The number of nitrogens with one attached hydrogen (secondary N) is 1. The highest BCUT2D eigenvalue weighted by Gasteiger charge is 2.15. The van der Waals surface area contributed by atoms with Crippen molar-refractivity contribution in [2.75, 3.05) is 17.7 Å². The van der Waals surface area contributed by atoms with E-state index in [-0.39, 0.29) is 17.3 Å². The Hall–Kier alpha value is -1.75. The second-order valence-corrected chi connectivity index (χ2v) is 7.37. The first kappa shape index (κ1) is 19.3. The zero-order valence-electron chi connectivity index (χ0n) is 14.2. The number of carbonyl (C=O) groups excluding carboxylic acids is 2. The number of rotatable bonds is 7. The zero-order chi connectivity index (χ0) is 17.3. The average Bonchev–Trinajstić information content (AvgIpc) is 2.43. The molecule has 0 bridgehead atoms. The molecule has 0 aliphatic heterocycles. The molecule has 0 aliphatic carbocycles. The molecule has 23 heavy (non-hydrogen) atoms. The molecule has 0 atom stereocenters. The van der Waals surface area contributed by atoms with Crippen LogP contribution in [-0.2, 0) is 14.3 Å². The molecular formula is C18H25NO3S. The highest BCUT2D eigenvalue weighted by atomic mass is 32.2. The molecule has 1 amide bonds. The molecule has 1 N–H and O–H groups in total. The molecular weight excluding hydrogens is 310 g/mol. The van der Waals surface area contributed by atoms with Crippen molar-refractivity contribution in [2.45, 2.75) is 39.0 Å². The van der Waals surface area contributed by atoms with E-state index in [1.165, 1.54) is 6.08 Å². The lowest BCUT2D eigenvalue weighted by Gasteiger charge is -2.17. The van der Waals surface area contributed by atoms with Gasteiger partial charge in [-0.25, -0.2) is 4.79 Å². The van der Waals surface area contributed by atoms with Gasteiger partial charge in [0.15, 0.2) is 0 Å². The number of ether oxygens (including phenoxy) is 1. The minimum atomic E-state index is -0.315. The summed E-state index contributed by atoms with van der Waals surface area (Å²) in [5.74, 6) is 0.398. The number of anilines is 1. The first-order valence-electron chi connectivity index (χ1n) is 7.66. The van der Waals surface area contributed by atoms with Gasteiger partial charge in [0.25, 0.3) is 0 Å². The van der Waals surface area contributed by atoms with E-state index >= 15 is 0 Å². The third-order valence-electron chi connectivity index (χ3n) is 2.72. The van der Waals surface area contributed by atoms with Gasteiger partial charge >= 0.3 is 5.97 Å². The first-order chi connectivity index (χ1) is 10.8. The van der Waals surface area contributed by atoms with Gasteiger partial charge in [-0.3, -0.25) is 4.79 Å². The number of hydrogen-bond donors (Lipinski definition) is 1. The van der Waals surface area contributed by atoms with Gasteiger partial charge in [-0.05, 0) is 36.6 Å². The molecule has 0 saturated heterocycles. The van der Waals surface area contributed by atoms with Crippen molar-refractivity contribution in [1.29, 1.82) is 0 Å². The molecule has 0 radical (unpaired) electrons. The fourth-order valence-electron chi connectivity index (χ4n) is 1.80. The summed E-state index contributed by atoms with van der Waals surface area (Å²) >= 11 is 1.61. The van der Waals surface area contributed by atoms with E-state index in [9.17, 15) is 9.59 Å². The van der Waals surface area contributed by atoms with Crippen molar-refractivity contribution in [2.24, 2.45) is 5.41 Å². The zero-order valence-corrected chi connectivity index (χ0v) is 15.0. The number of benzene rings is 1. The van der Waals surface area contributed by atoms with E-state index in [1.54, 1.807) is 24.8 Å². The van der Waals surface area contributed by atoms with Gasteiger partial charge in [0.1, 0.15) is 0 Å². The summed E-state index contributed by atoms with van der Waals surface area (Å²) in [5, 5.41) is 2.90. The van der Waals surface area contributed by atoms with Crippen LogP contribution in [0.3, 0.4) is 0 Å². The van der Waals surface area contributed by atoms with Crippen LogP contribution in [0.2, 0.25) is 0 Å². The molecule has 1 aromatic carbocycles. The van der Waals surface area contributed by atoms with Crippen molar-refractivity contribution < 1.29 is 14.3 Å². The third kappa shape index (κ3) is 9.08. The fraction of sp³-hybridized carbons (Fsp3) is 0.444. The molecule has 0 aliphatic rings. The van der Waals surface area contributed by atoms with E-state index in [2.05, 4.69) is 5.32 Å². The molecule has 0 unspecified atom stereocenters. The molecule has 1 rings (SSSR count). The van der Waals surface area contributed by atoms with E-state index in [4.69, 9.17) is 4.74 Å². The Bertz CT molecular complexity index is 544. The normalized spacial score (nSPS) is 11.5. The van der Waals surface area contributed by atoms with Gasteiger partial charge < -0.3 is 10.1 Å². The smallest absolute Gasteiger partial charge is 0.330 e. The summed E-state index contributed by atoms with van der Waals surface area (Å²) in [7, 11) is 0. The predicted molar refractivity (Wildman–Crippen MR) is 95.6 cm³/mol. The van der Waals surface area contributed by atoms with Crippen LogP contribution < -0.4 is 5.32 Å². The Balaban J connectivity index is 2.42. The molecule has 0 aromatic heterocycles. The summed E-state index contributed by atoms with van der Waals surface area (Å²) in [6.45, 7) is 8.28. The van der Waals surface area contributed by atoms with Crippen LogP contribution in [0.1, 0.15) is 34.1 Å². The largest absolute Gasteiger partial charge is 0.463 e. The minimum absolute atomic E-state index is 0.0227. The predicted octanol–water partition coefficient (Wildman–Crippen LogP) is 4.27. The second kappa shape index (κ2) is 9.40. The van der Waals surface area contributed by atoms with Crippen molar-refractivity contribution in [1.82, 2.24) is 0 Å². The fourth-order valence-corrected chi connectivity index (χ4v) is 2.51. The lowest BCUT2D eigenvalue weighted by Crippen LogP contribution is -2.19. The van der Waals surface area contributed by atoms with Crippen LogP contribution in [0.25, 0.3) is 0 Å². The topological polar surface area (TPSA) is 55.4 Å². The summed E-state index contributed by atoms with van der Waals surface area (Å²) < 4.78 is 4.81. The van der Waals surface area contributed by atoms with Gasteiger partial charge in [0.2, 0.25) is 5.91 Å². The summed E-state index contributed by atoms with van der Waals surface area (Å²) in [5.41, 5.74) is 0.774. The Kier molecular flexibility index (Phi) is 7.89. The number of amides is 1. The highest BCUT2D eigenvalue weighted by Crippen LogP contribution is 2.22. The molecule has 1 aromatic rings. The average molecular weight is 335 g/mol. The molecule has 0 fully saturated rings. The van der Waals surface area contributed by atoms with E-state index in [0.29, 0.717) is 18.8 Å². The van der Waals surface area contributed by atoms with Gasteiger partial charge in [0.05, 0.1) is 6.61 Å². The third-order valence-corrected chi connectivity index (χ3v) is 3.68. The monoisotopic (exact) mass is 335 g/mol. The maximum Gasteiger partial charge on any atom is 0.330 e. The highest BCUT2D eigenvalue weighted by molar-refractivity contribution is 7.99. The summed E-state index contributed by atoms with van der Waals surface area (Å²) in [4.78, 5) is 24.1. The number of carbonyl (C=O) groups is 2. The maximum absolute atomic E-state index is 11.9. The minimum Gasteiger partial charge on any atom is -0.463 e. The number of esters is 1. The molecule has 126 valence electrons. The number of hydrogen-bond acceptors (Lipinski definition) is 4. The van der Waals surface area contributed by atoms with E-state index < -0.39 is 0 Å². The van der Waals surface area contributed by atoms with Crippen molar-refractivity contribution in [3.63, 3.8) is 0 Å². The molecule has 0 spiro atoms. The van der Waals surface area contributed by atoms with Gasteiger partial charge in [-0.1, -0.05) is 26.8 Å². The number of thioether (sulfide) groups is 1. The van der Waals surface area contributed by atoms with Crippen molar-refractivity contribution >= 4 is 29.3 Å². The SMILES string of the molecule is CCOC(=O)/C=C/CSc1ccc(NC(=O)CC(C)(C)C)cc1. The van der Waals surface area contributed by atoms with Crippen LogP contribution in [0, 0.1) is 5.41 Å². The first-order valence-corrected chi connectivity index (χ1v) is 8.65. The maximum atomic E-state index is 11.9. The lowest BCUT2D eigenvalue weighted by atomic mass is 9.92.